The number of H-pyrrole nitrogens is 1. The average Bonchev–Trinajstić information content (AvgIpc) is 3.49. The van der Waals surface area contributed by atoms with Crippen LogP contribution in [0.1, 0.15) is 22.6 Å². The molecule has 6 rings (SSSR count). The SMILES string of the molecule is N[C@H]1CCN(c2ccc3nc(C(=O)c4ccnc(-c5cncc6ccccc56)c4)[nH]c3n2)C1. The number of aromatic nitrogens is 5. The van der Waals surface area contributed by atoms with Crippen LogP contribution >= 0.6 is 0 Å². The van der Waals surface area contributed by atoms with Crippen LogP contribution < -0.4 is 10.6 Å². The smallest absolute Gasteiger partial charge is 0.228 e. The van der Waals surface area contributed by atoms with E-state index in [1.54, 1.807) is 24.5 Å². The highest BCUT2D eigenvalue weighted by atomic mass is 16.1. The van der Waals surface area contributed by atoms with Gasteiger partial charge in [-0.1, -0.05) is 24.3 Å². The Morgan fingerprint density at radius 2 is 2.00 bits per heavy atom. The molecule has 4 aromatic heterocycles. The number of nitrogens with one attached hydrogen (secondary N) is 1. The van der Waals surface area contributed by atoms with Gasteiger partial charge in [0.05, 0.1) is 5.69 Å². The summed E-state index contributed by atoms with van der Waals surface area (Å²) in [6.45, 7) is 1.66. The summed E-state index contributed by atoms with van der Waals surface area (Å²) in [7, 11) is 0. The molecule has 8 heteroatoms. The maximum Gasteiger partial charge on any atom is 0.228 e. The molecule has 1 aliphatic heterocycles. The number of ketones is 1. The summed E-state index contributed by atoms with van der Waals surface area (Å²) in [5, 5.41) is 2.05. The fraction of sp³-hybridized carbons (Fsp3) is 0.160. The molecule has 162 valence electrons. The van der Waals surface area contributed by atoms with Crippen molar-refractivity contribution >= 4 is 33.5 Å². The molecule has 0 spiro atoms. The maximum atomic E-state index is 13.3. The molecule has 5 heterocycles. The van der Waals surface area contributed by atoms with Crippen LogP contribution in [0.5, 0.6) is 0 Å². The van der Waals surface area contributed by atoms with Crippen LogP contribution in [0, 0.1) is 0 Å². The summed E-state index contributed by atoms with van der Waals surface area (Å²) >= 11 is 0. The number of nitrogens with two attached hydrogens (primary N) is 1. The third-order valence-electron chi connectivity index (χ3n) is 6.06. The highest BCUT2D eigenvalue weighted by Gasteiger charge is 2.22. The van der Waals surface area contributed by atoms with Gasteiger partial charge < -0.3 is 15.6 Å². The van der Waals surface area contributed by atoms with Crippen molar-refractivity contribution in [2.45, 2.75) is 12.5 Å². The van der Waals surface area contributed by atoms with Gasteiger partial charge in [0.15, 0.2) is 11.5 Å². The third-order valence-corrected chi connectivity index (χ3v) is 6.06. The van der Waals surface area contributed by atoms with Gasteiger partial charge in [-0.2, -0.15) is 0 Å². The standard InChI is InChI=1S/C25H21N7O/c26-17-8-10-32(14-17)22-6-5-20-24(30-22)31-25(29-20)23(33)15-7-9-28-21(11-15)19-13-27-12-16-3-1-2-4-18(16)19/h1-7,9,11-13,17H,8,10,14,26H2,(H,29,30,31)/t17-/m0/s1. The molecule has 5 aromatic rings. The van der Waals surface area contributed by atoms with Crippen LogP contribution in [0.2, 0.25) is 0 Å². The Kier molecular flexibility index (Phi) is 4.58. The maximum absolute atomic E-state index is 13.3. The number of nitrogens with zero attached hydrogens (tertiary/aromatic N) is 5. The van der Waals surface area contributed by atoms with Gasteiger partial charge in [0, 0.05) is 54.2 Å². The second kappa shape index (κ2) is 7.75. The van der Waals surface area contributed by atoms with Gasteiger partial charge in [-0.25, -0.2) is 9.97 Å². The van der Waals surface area contributed by atoms with Crippen LogP contribution in [-0.2, 0) is 0 Å². The van der Waals surface area contributed by atoms with Gasteiger partial charge in [0.2, 0.25) is 5.78 Å². The predicted octanol–water partition coefficient (Wildman–Crippen LogP) is 3.34. The van der Waals surface area contributed by atoms with Gasteiger partial charge in [-0.15, -0.1) is 0 Å². The fourth-order valence-electron chi connectivity index (χ4n) is 4.34. The first-order chi connectivity index (χ1) is 16.2. The number of hydrogen-bond donors (Lipinski definition) is 2. The quantitative estimate of drug-likeness (QED) is 0.416. The number of carbonyl (C=O) groups excluding carboxylic acids is 1. The number of benzene rings is 1. The minimum absolute atomic E-state index is 0.166. The Balaban J connectivity index is 1.34. The summed E-state index contributed by atoms with van der Waals surface area (Å²) in [5.74, 6) is 0.878. The number of imidazole rings is 1. The lowest BCUT2D eigenvalue weighted by Crippen LogP contribution is -2.26. The summed E-state index contributed by atoms with van der Waals surface area (Å²) in [6.07, 6.45) is 6.18. The van der Waals surface area contributed by atoms with Crippen molar-refractivity contribution in [1.29, 1.82) is 0 Å². The number of aromatic amines is 1. The van der Waals surface area contributed by atoms with Gasteiger partial charge in [-0.3, -0.25) is 14.8 Å². The van der Waals surface area contributed by atoms with Gasteiger partial charge in [0.1, 0.15) is 11.3 Å². The van der Waals surface area contributed by atoms with Gasteiger partial charge in [0.25, 0.3) is 0 Å². The van der Waals surface area contributed by atoms with Crippen molar-refractivity contribution in [2.75, 3.05) is 18.0 Å². The predicted molar refractivity (Wildman–Crippen MR) is 127 cm³/mol. The van der Waals surface area contributed by atoms with E-state index in [2.05, 4.69) is 29.8 Å². The minimum atomic E-state index is -0.213. The van der Waals surface area contributed by atoms with E-state index in [4.69, 9.17) is 5.73 Å². The van der Waals surface area contributed by atoms with Crippen molar-refractivity contribution in [3.8, 4) is 11.3 Å². The van der Waals surface area contributed by atoms with Crippen molar-refractivity contribution in [1.82, 2.24) is 24.9 Å². The number of hydrogen-bond acceptors (Lipinski definition) is 7. The summed E-state index contributed by atoms with van der Waals surface area (Å²) in [5.41, 5.74) is 9.33. The fourth-order valence-corrected chi connectivity index (χ4v) is 4.34. The molecule has 0 aliphatic carbocycles. The first-order valence-electron chi connectivity index (χ1n) is 10.9. The normalized spacial score (nSPS) is 16.0. The largest absolute Gasteiger partial charge is 0.355 e. The molecule has 33 heavy (non-hydrogen) atoms. The highest BCUT2D eigenvalue weighted by molar-refractivity contribution is 6.08. The van der Waals surface area contributed by atoms with Crippen molar-refractivity contribution in [3.05, 3.63) is 78.5 Å². The summed E-state index contributed by atoms with van der Waals surface area (Å²) in [6, 6.07) is 15.4. The van der Waals surface area contributed by atoms with Crippen LogP contribution in [-0.4, -0.2) is 49.8 Å². The second-order valence-corrected chi connectivity index (χ2v) is 8.28. The van der Waals surface area contributed by atoms with Crippen molar-refractivity contribution in [2.24, 2.45) is 5.73 Å². The number of rotatable bonds is 4. The Hall–Kier alpha value is -4.17. The van der Waals surface area contributed by atoms with E-state index >= 15 is 0 Å². The van der Waals surface area contributed by atoms with E-state index in [1.165, 1.54) is 0 Å². The molecule has 1 atom stereocenters. The van der Waals surface area contributed by atoms with E-state index in [-0.39, 0.29) is 17.6 Å². The zero-order chi connectivity index (χ0) is 22.4. The summed E-state index contributed by atoms with van der Waals surface area (Å²) in [4.78, 5) is 36.5. The lowest BCUT2D eigenvalue weighted by atomic mass is 10.0. The Morgan fingerprint density at radius 3 is 2.88 bits per heavy atom. The molecule has 1 aliphatic rings. The van der Waals surface area contributed by atoms with Crippen molar-refractivity contribution in [3.63, 3.8) is 0 Å². The molecule has 1 saturated heterocycles. The van der Waals surface area contributed by atoms with Crippen LogP contribution in [0.3, 0.4) is 0 Å². The second-order valence-electron chi connectivity index (χ2n) is 8.28. The van der Waals surface area contributed by atoms with E-state index in [1.807, 2.05) is 42.6 Å². The summed E-state index contributed by atoms with van der Waals surface area (Å²) < 4.78 is 0. The Bertz CT molecular complexity index is 1500. The lowest BCUT2D eigenvalue weighted by Gasteiger charge is -2.16. The molecule has 0 saturated carbocycles. The molecule has 0 radical (unpaired) electrons. The Morgan fingerprint density at radius 1 is 1.09 bits per heavy atom. The molecule has 1 aromatic carbocycles. The Labute approximate surface area is 189 Å². The molecule has 1 fully saturated rings. The van der Waals surface area contributed by atoms with Crippen LogP contribution in [0.15, 0.2) is 67.1 Å². The average molecular weight is 435 g/mol. The monoisotopic (exact) mass is 435 g/mol. The molecular weight excluding hydrogens is 414 g/mol. The molecular formula is C25H21N7O. The molecule has 0 amide bonds. The lowest BCUT2D eigenvalue weighted by molar-refractivity contribution is 0.103. The number of pyridine rings is 3. The number of carbonyl (C=O) groups is 1. The van der Waals surface area contributed by atoms with Gasteiger partial charge in [-0.05, 0) is 36.1 Å². The first-order valence-corrected chi connectivity index (χ1v) is 10.9. The van der Waals surface area contributed by atoms with E-state index in [0.717, 1.165) is 41.7 Å². The molecule has 3 N–H and O–H groups in total. The van der Waals surface area contributed by atoms with Crippen LogP contribution in [0.25, 0.3) is 33.2 Å². The third kappa shape index (κ3) is 3.50. The van der Waals surface area contributed by atoms with E-state index in [0.29, 0.717) is 22.4 Å². The number of fused-ring (bicyclic) bond motifs is 2. The first kappa shape index (κ1) is 19.5. The van der Waals surface area contributed by atoms with Crippen LogP contribution in [0.4, 0.5) is 5.82 Å². The topological polar surface area (TPSA) is 114 Å². The van der Waals surface area contributed by atoms with E-state index < -0.39 is 0 Å². The molecule has 0 bridgehead atoms. The zero-order valence-corrected chi connectivity index (χ0v) is 17.8. The minimum Gasteiger partial charge on any atom is -0.355 e. The highest BCUT2D eigenvalue weighted by Crippen LogP contribution is 2.27. The molecule has 0 unspecified atom stereocenters. The molecule has 8 nitrogen and oxygen atoms in total. The zero-order valence-electron chi connectivity index (χ0n) is 17.8. The van der Waals surface area contributed by atoms with Gasteiger partial charge >= 0.3 is 0 Å². The van der Waals surface area contributed by atoms with E-state index in [9.17, 15) is 4.79 Å². The van der Waals surface area contributed by atoms with Crippen molar-refractivity contribution < 1.29 is 4.79 Å². The number of anilines is 1.